The maximum atomic E-state index is 12.2. The SMILES string of the molecule is CC(=O)OC[C@@H]1C[C@H](C[C@H]2O[C@H](COC(C)=O)C[C@H](OCc3ccccc3)[C@@H]2OCc2ccccc2)[C@H](OCc2ccccc2)[C@@H](Oc2ccc(-c3ccc(-c4nnc(C)o4)cc3)cc2)O1. The third-order valence-electron chi connectivity index (χ3n) is 11.7. The second-order valence-corrected chi connectivity index (χ2v) is 16.7. The fourth-order valence-corrected chi connectivity index (χ4v) is 8.46. The van der Waals surface area contributed by atoms with Gasteiger partial charge in [-0.3, -0.25) is 9.59 Å². The second kappa shape index (κ2) is 22.8. The van der Waals surface area contributed by atoms with Gasteiger partial charge in [0, 0.05) is 32.8 Å². The number of rotatable bonds is 19. The van der Waals surface area contributed by atoms with Gasteiger partial charge < -0.3 is 42.3 Å². The van der Waals surface area contributed by atoms with Crippen LogP contribution in [0.5, 0.6) is 5.75 Å². The molecule has 2 saturated heterocycles. The molecule has 1 aromatic heterocycles. The van der Waals surface area contributed by atoms with Crippen molar-refractivity contribution in [2.45, 2.75) is 103 Å². The standard InChI is InChI=1S/C53H56N2O11/c1-35-54-55-52(63-35)43-21-19-41(20-22-43)42-23-25-45(26-24-42)65-53-50(61-31-39-15-9-5-10-16-39)44(27-46(66-53)33-58-36(2)56)28-49-51(62-32-40-17-11-6-12-18-40)48(29-47(64-49)34-59-37(3)57)60-30-38-13-7-4-8-14-38/h4-26,44,46-51,53H,27-34H2,1-3H3/t44-,46+,47+,48+,49-,50+,51+,53+/m1/s1. The summed E-state index contributed by atoms with van der Waals surface area (Å²) in [5, 5.41) is 8.07. The van der Waals surface area contributed by atoms with Crippen molar-refractivity contribution in [2.24, 2.45) is 5.92 Å². The van der Waals surface area contributed by atoms with E-state index in [-0.39, 0.29) is 25.7 Å². The van der Waals surface area contributed by atoms with Gasteiger partial charge in [-0.2, -0.15) is 0 Å². The first-order chi connectivity index (χ1) is 32.2. The van der Waals surface area contributed by atoms with Crippen LogP contribution < -0.4 is 4.74 Å². The molecule has 6 aromatic rings. The fourth-order valence-electron chi connectivity index (χ4n) is 8.46. The predicted molar refractivity (Wildman–Crippen MR) is 244 cm³/mol. The number of esters is 2. The second-order valence-electron chi connectivity index (χ2n) is 16.7. The van der Waals surface area contributed by atoms with Gasteiger partial charge in [0.15, 0.2) is 0 Å². The van der Waals surface area contributed by atoms with Crippen LogP contribution in [0.2, 0.25) is 0 Å². The molecule has 2 aliphatic rings. The van der Waals surface area contributed by atoms with E-state index < -0.39 is 54.9 Å². The number of aryl methyl sites for hydroxylation is 1. The molecule has 13 nitrogen and oxygen atoms in total. The molecule has 0 unspecified atom stereocenters. The Morgan fingerprint density at radius 3 is 1.61 bits per heavy atom. The number of hydrogen-bond donors (Lipinski definition) is 0. The van der Waals surface area contributed by atoms with Gasteiger partial charge in [0.05, 0.1) is 44.2 Å². The summed E-state index contributed by atoms with van der Waals surface area (Å²) in [6.07, 6.45) is -2.69. The Morgan fingerprint density at radius 1 is 0.576 bits per heavy atom. The molecule has 2 aliphatic heterocycles. The highest BCUT2D eigenvalue weighted by molar-refractivity contribution is 5.68. The minimum Gasteiger partial charge on any atom is -0.463 e. The number of aromatic nitrogens is 2. The summed E-state index contributed by atoms with van der Waals surface area (Å²) in [6, 6.07) is 45.6. The number of carbonyl (C=O) groups is 2. The molecule has 0 bridgehead atoms. The van der Waals surface area contributed by atoms with Gasteiger partial charge in [0.25, 0.3) is 0 Å². The van der Waals surface area contributed by atoms with Gasteiger partial charge >= 0.3 is 11.9 Å². The minimum absolute atomic E-state index is 0.0204. The Morgan fingerprint density at radius 2 is 1.08 bits per heavy atom. The number of nitrogens with zero attached hydrogens (tertiary/aromatic N) is 2. The molecule has 8 atom stereocenters. The maximum absolute atomic E-state index is 12.2. The third kappa shape index (κ3) is 13.0. The lowest BCUT2D eigenvalue weighted by molar-refractivity contribution is -0.259. The van der Waals surface area contributed by atoms with Gasteiger partial charge in [0.1, 0.15) is 31.2 Å². The Kier molecular flexibility index (Phi) is 16.0. The van der Waals surface area contributed by atoms with Gasteiger partial charge in [0.2, 0.25) is 18.1 Å². The summed E-state index contributed by atoms with van der Waals surface area (Å²) in [7, 11) is 0. The number of ether oxygens (including phenoxy) is 8. The third-order valence-corrected chi connectivity index (χ3v) is 11.7. The van der Waals surface area contributed by atoms with Crippen molar-refractivity contribution >= 4 is 11.9 Å². The Bertz CT molecular complexity index is 2420. The van der Waals surface area contributed by atoms with E-state index in [1.54, 1.807) is 6.92 Å². The highest BCUT2D eigenvalue weighted by atomic mass is 16.7. The van der Waals surface area contributed by atoms with Crippen LogP contribution in [-0.2, 0) is 62.6 Å². The van der Waals surface area contributed by atoms with E-state index in [4.69, 9.17) is 42.3 Å². The molecule has 8 rings (SSSR count). The Labute approximate surface area is 385 Å². The van der Waals surface area contributed by atoms with Crippen LogP contribution in [0.4, 0.5) is 0 Å². The van der Waals surface area contributed by atoms with E-state index in [1.165, 1.54) is 13.8 Å². The average molecular weight is 897 g/mol. The van der Waals surface area contributed by atoms with Crippen LogP contribution in [0.3, 0.4) is 0 Å². The van der Waals surface area contributed by atoms with Gasteiger partial charge in [-0.1, -0.05) is 115 Å². The zero-order valence-electron chi connectivity index (χ0n) is 37.4. The van der Waals surface area contributed by atoms with Crippen LogP contribution in [-0.4, -0.2) is 78.3 Å². The highest BCUT2D eigenvalue weighted by Gasteiger charge is 2.47. The van der Waals surface area contributed by atoms with Gasteiger partial charge in [-0.15, -0.1) is 10.2 Å². The maximum Gasteiger partial charge on any atom is 0.302 e. The topological polar surface area (TPSA) is 147 Å². The predicted octanol–water partition coefficient (Wildman–Crippen LogP) is 9.25. The van der Waals surface area contributed by atoms with Gasteiger partial charge in [-0.25, -0.2) is 0 Å². The summed E-state index contributed by atoms with van der Waals surface area (Å²) < 4.78 is 57.4. The van der Waals surface area contributed by atoms with Crippen molar-refractivity contribution < 1.29 is 51.9 Å². The smallest absolute Gasteiger partial charge is 0.302 e. The molecule has 0 radical (unpaired) electrons. The molecular weight excluding hydrogens is 841 g/mol. The van der Waals surface area contributed by atoms with Crippen LogP contribution >= 0.6 is 0 Å². The first kappa shape index (κ1) is 46.3. The van der Waals surface area contributed by atoms with Crippen molar-refractivity contribution in [3.8, 4) is 28.3 Å². The van der Waals surface area contributed by atoms with Crippen molar-refractivity contribution in [3.05, 3.63) is 162 Å². The lowest BCUT2D eigenvalue weighted by Crippen LogP contribution is -2.56. The van der Waals surface area contributed by atoms with Crippen molar-refractivity contribution in [3.63, 3.8) is 0 Å². The van der Waals surface area contributed by atoms with Crippen LogP contribution in [0.15, 0.2) is 144 Å². The minimum atomic E-state index is -0.912. The van der Waals surface area contributed by atoms with E-state index >= 15 is 0 Å². The van der Waals surface area contributed by atoms with E-state index in [9.17, 15) is 9.59 Å². The summed E-state index contributed by atoms with van der Waals surface area (Å²) in [5.41, 5.74) is 5.81. The molecule has 0 amide bonds. The fraction of sp³-hybridized carbons (Fsp3) is 0.358. The van der Waals surface area contributed by atoms with E-state index in [0.717, 1.165) is 33.4 Å². The lowest BCUT2D eigenvalue weighted by Gasteiger charge is -2.46. The molecule has 0 N–H and O–H groups in total. The number of benzene rings is 5. The average Bonchev–Trinajstić information content (AvgIpc) is 3.78. The van der Waals surface area contributed by atoms with Crippen molar-refractivity contribution in [2.75, 3.05) is 13.2 Å². The Hall–Kier alpha value is -6.22. The van der Waals surface area contributed by atoms with Crippen LogP contribution in [0.1, 0.15) is 55.7 Å². The van der Waals surface area contributed by atoms with E-state index in [1.807, 2.05) is 140 Å². The zero-order valence-corrected chi connectivity index (χ0v) is 37.4. The zero-order chi connectivity index (χ0) is 45.7. The molecule has 344 valence electrons. The molecule has 0 spiro atoms. The summed E-state index contributed by atoms with van der Waals surface area (Å²) in [4.78, 5) is 24.3. The van der Waals surface area contributed by atoms with Crippen molar-refractivity contribution in [1.29, 1.82) is 0 Å². The first-order valence-corrected chi connectivity index (χ1v) is 22.4. The number of hydrogen-bond acceptors (Lipinski definition) is 13. The quantitative estimate of drug-likeness (QED) is 0.0713. The van der Waals surface area contributed by atoms with Crippen LogP contribution in [0.25, 0.3) is 22.6 Å². The molecule has 13 heteroatoms. The van der Waals surface area contributed by atoms with Crippen LogP contribution in [0, 0.1) is 12.8 Å². The molecule has 3 heterocycles. The summed E-state index contributed by atoms with van der Waals surface area (Å²) in [6.45, 7) is 5.58. The van der Waals surface area contributed by atoms with Gasteiger partial charge in [-0.05, 0) is 70.8 Å². The molecule has 2 fully saturated rings. The normalized spacial score (nSPS) is 22.9. The van der Waals surface area contributed by atoms with Crippen molar-refractivity contribution in [1.82, 2.24) is 10.2 Å². The monoisotopic (exact) mass is 896 g/mol. The Balaban J connectivity index is 1.08. The van der Waals surface area contributed by atoms with E-state index in [0.29, 0.717) is 50.0 Å². The first-order valence-electron chi connectivity index (χ1n) is 22.4. The molecule has 66 heavy (non-hydrogen) atoms. The molecule has 0 aliphatic carbocycles. The molecular formula is C53H56N2O11. The largest absolute Gasteiger partial charge is 0.463 e. The number of carbonyl (C=O) groups excluding carboxylic acids is 2. The summed E-state index contributed by atoms with van der Waals surface area (Å²) >= 11 is 0. The lowest BCUT2D eigenvalue weighted by atomic mass is 9.83. The van der Waals surface area contributed by atoms with E-state index in [2.05, 4.69) is 10.2 Å². The molecule has 0 saturated carbocycles. The summed E-state index contributed by atoms with van der Waals surface area (Å²) in [5.74, 6) is 0.466. The molecule has 5 aromatic carbocycles. The highest BCUT2D eigenvalue weighted by Crippen LogP contribution is 2.39.